The van der Waals surface area contributed by atoms with Gasteiger partial charge in [-0.3, -0.25) is 0 Å². The van der Waals surface area contributed by atoms with Crippen molar-refractivity contribution in [2.45, 2.75) is 38.8 Å². The van der Waals surface area contributed by atoms with Crippen LogP contribution in [0.4, 0.5) is 4.39 Å². The normalized spacial score (nSPS) is 14.6. The van der Waals surface area contributed by atoms with Gasteiger partial charge in [-0.2, -0.15) is 11.8 Å². The first-order valence-electron chi connectivity index (χ1n) is 6.15. The average molecular weight is 255 g/mol. The molecular formula is C14H22FNS. The molecule has 1 aromatic carbocycles. The van der Waals surface area contributed by atoms with Crippen LogP contribution in [0.5, 0.6) is 0 Å². The van der Waals surface area contributed by atoms with Crippen LogP contribution in [0.2, 0.25) is 0 Å². The lowest BCUT2D eigenvalue weighted by Crippen LogP contribution is -2.39. The molecule has 17 heavy (non-hydrogen) atoms. The summed E-state index contributed by atoms with van der Waals surface area (Å²) < 4.78 is 13.5. The zero-order valence-corrected chi connectivity index (χ0v) is 11.7. The van der Waals surface area contributed by atoms with Gasteiger partial charge in [0.25, 0.3) is 0 Å². The van der Waals surface area contributed by atoms with Crippen LogP contribution in [0, 0.1) is 5.82 Å². The minimum atomic E-state index is -0.0981. The molecule has 0 aliphatic carbocycles. The standard InChI is InChI=1S/C14H22FNS/c1-4-13(10-17-3)16-11(2)9-12-7-5-6-8-14(12)15/h5-8,11,13,16H,4,9-10H2,1-3H3. The van der Waals surface area contributed by atoms with Crippen LogP contribution in [-0.4, -0.2) is 24.1 Å². The Bertz CT molecular complexity index is 330. The van der Waals surface area contributed by atoms with E-state index >= 15 is 0 Å². The predicted molar refractivity (Wildman–Crippen MR) is 75.2 cm³/mol. The number of thioether (sulfide) groups is 1. The van der Waals surface area contributed by atoms with Crippen molar-refractivity contribution in [2.24, 2.45) is 0 Å². The number of hydrogen-bond donors (Lipinski definition) is 1. The molecular weight excluding hydrogens is 233 g/mol. The maximum atomic E-state index is 13.5. The molecule has 0 spiro atoms. The Morgan fingerprint density at radius 1 is 1.35 bits per heavy atom. The van der Waals surface area contributed by atoms with E-state index in [0.29, 0.717) is 12.1 Å². The fraction of sp³-hybridized carbons (Fsp3) is 0.571. The van der Waals surface area contributed by atoms with Crippen molar-refractivity contribution in [3.8, 4) is 0 Å². The maximum Gasteiger partial charge on any atom is 0.126 e. The third-order valence-electron chi connectivity index (χ3n) is 2.86. The summed E-state index contributed by atoms with van der Waals surface area (Å²) in [6, 6.07) is 7.85. The van der Waals surface area contributed by atoms with Crippen LogP contribution in [-0.2, 0) is 6.42 Å². The van der Waals surface area contributed by atoms with Gasteiger partial charge in [0.05, 0.1) is 0 Å². The summed E-state index contributed by atoms with van der Waals surface area (Å²) in [7, 11) is 0. The second-order valence-electron chi connectivity index (χ2n) is 4.42. The van der Waals surface area contributed by atoms with Gasteiger partial charge < -0.3 is 5.32 Å². The van der Waals surface area contributed by atoms with Gasteiger partial charge in [0.2, 0.25) is 0 Å². The van der Waals surface area contributed by atoms with Gasteiger partial charge in [-0.15, -0.1) is 0 Å². The van der Waals surface area contributed by atoms with Crippen molar-refractivity contribution < 1.29 is 4.39 Å². The summed E-state index contributed by atoms with van der Waals surface area (Å²) in [4.78, 5) is 0. The molecule has 1 nitrogen and oxygen atoms in total. The van der Waals surface area contributed by atoms with Crippen LogP contribution in [0.1, 0.15) is 25.8 Å². The van der Waals surface area contributed by atoms with Gasteiger partial charge in [-0.1, -0.05) is 25.1 Å². The second kappa shape index (κ2) is 7.72. The largest absolute Gasteiger partial charge is 0.310 e. The van der Waals surface area contributed by atoms with Crippen molar-refractivity contribution in [1.29, 1.82) is 0 Å². The number of hydrogen-bond acceptors (Lipinski definition) is 2. The molecule has 96 valence electrons. The van der Waals surface area contributed by atoms with E-state index in [1.807, 2.05) is 23.9 Å². The molecule has 1 N–H and O–H groups in total. The molecule has 0 saturated heterocycles. The van der Waals surface area contributed by atoms with Crippen LogP contribution in [0.3, 0.4) is 0 Å². The number of nitrogens with one attached hydrogen (secondary N) is 1. The molecule has 0 amide bonds. The SMILES string of the molecule is CCC(CSC)NC(C)Cc1ccccc1F. The van der Waals surface area contributed by atoms with Crippen LogP contribution in [0.15, 0.2) is 24.3 Å². The van der Waals surface area contributed by atoms with Crippen molar-refractivity contribution in [2.75, 3.05) is 12.0 Å². The van der Waals surface area contributed by atoms with E-state index in [1.54, 1.807) is 6.07 Å². The van der Waals surface area contributed by atoms with Crippen molar-refractivity contribution in [3.05, 3.63) is 35.6 Å². The lowest BCUT2D eigenvalue weighted by molar-refractivity contribution is 0.454. The number of halogens is 1. The molecule has 0 saturated carbocycles. The maximum absolute atomic E-state index is 13.5. The summed E-state index contributed by atoms with van der Waals surface area (Å²) >= 11 is 1.85. The molecule has 0 bridgehead atoms. The van der Waals surface area contributed by atoms with E-state index in [1.165, 1.54) is 6.07 Å². The van der Waals surface area contributed by atoms with Crippen LogP contribution in [0.25, 0.3) is 0 Å². The summed E-state index contributed by atoms with van der Waals surface area (Å²) in [5.74, 6) is 1.01. The summed E-state index contributed by atoms with van der Waals surface area (Å²) in [6.45, 7) is 4.30. The van der Waals surface area contributed by atoms with E-state index in [9.17, 15) is 4.39 Å². The molecule has 0 aromatic heterocycles. The molecule has 0 aliphatic rings. The van der Waals surface area contributed by atoms with Crippen LogP contribution < -0.4 is 5.32 Å². The van der Waals surface area contributed by atoms with Crippen molar-refractivity contribution in [1.82, 2.24) is 5.32 Å². The van der Waals surface area contributed by atoms with Crippen molar-refractivity contribution >= 4 is 11.8 Å². The summed E-state index contributed by atoms with van der Waals surface area (Å²) in [5, 5.41) is 3.56. The van der Waals surface area contributed by atoms with Gasteiger partial charge in [0.1, 0.15) is 5.82 Å². The predicted octanol–water partition coefficient (Wildman–Crippen LogP) is 3.49. The third kappa shape index (κ3) is 5.09. The second-order valence-corrected chi connectivity index (χ2v) is 5.33. The van der Waals surface area contributed by atoms with Gasteiger partial charge in [0.15, 0.2) is 0 Å². The van der Waals surface area contributed by atoms with Gasteiger partial charge in [-0.25, -0.2) is 4.39 Å². The average Bonchev–Trinajstić information content (AvgIpc) is 2.31. The highest BCUT2D eigenvalue weighted by molar-refractivity contribution is 7.98. The molecule has 1 rings (SSSR count). The molecule has 3 heteroatoms. The highest BCUT2D eigenvalue weighted by Crippen LogP contribution is 2.10. The Labute approximate surface area is 108 Å². The monoisotopic (exact) mass is 255 g/mol. The highest BCUT2D eigenvalue weighted by Gasteiger charge is 2.11. The van der Waals surface area contributed by atoms with E-state index in [0.717, 1.165) is 24.2 Å². The van der Waals surface area contributed by atoms with Gasteiger partial charge >= 0.3 is 0 Å². The molecule has 2 unspecified atom stereocenters. The van der Waals surface area contributed by atoms with E-state index < -0.39 is 0 Å². The lowest BCUT2D eigenvalue weighted by atomic mass is 10.1. The molecule has 1 aromatic rings. The molecule has 0 aliphatic heterocycles. The Morgan fingerprint density at radius 3 is 2.65 bits per heavy atom. The van der Waals surface area contributed by atoms with Gasteiger partial charge in [0, 0.05) is 17.8 Å². The molecule has 0 fully saturated rings. The first-order chi connectivity index (χ1) is 8.17. The minimum absolute atomic E-state index is 0.0981. The lowest BCUT2D eigenvalue weighted by Gasteiger charge is -2.21. The Balaban J connectivity index is 2.49. The fourth-order valence-corrected chi connectivity index (χ4v) is 2.67. The summed E-state index contributed by atoms with van der Waals surface area (Å²) in [6.07, 6.45) is 3.98. The Morgan fingerprint density at radius 2 is 2.06 bits per heavy atom. The minimum Gasteiger partial charge on any atom is -0.310 e. The Kier molecular flexibility index (Phi) is 6.60. The smallest absolute Gasteiger partial charge is 0.126 e. The highest BCUT2D eigenvalue weighted by atomic mass is 32.2. The van der Waals surface area contributed by atoms with Gasteiger partial charge in [-0.05, 0) is 37.7 Å². The topological polar surface area (TPSA) is 12.0 Å². The van der Waals surface area contributed by atoms with E-state index in [4.69, 9.17) is 0 Å². The summed E-state index contributed by atoms with van der Waals surface area (Å²) in [5.41, 5.74) is 0.798. The van der Waals surface area contributed by atoms with Crippen molar-refractivity contribution in [3.63, 3.8) is 0 Å². The number of benzene rings is 1. The Hall–Kier alpha value is -0.540. The number of rotatable bonds is 7. The molecule has 2 atom stereocenters. The zero-order valence-electron chi connectivity index (χ0n) is 10.9. The third-order valence-corrected chi connectivity index (χ3v) is 3.60. The molecule has 0 heterocycles. The quantitative estimate of drug-likeness (QED) is 0.800. The molecule has 0 radical (unpaired) electrons. The first kappa shape index (κ1) is 14.5. The zero-order chi connectivity index (χ0) is 12.7. The fourth-order valence-electron chi connectivity index (χ4n) is 1.94. The van der Waals surface area contributed by atoms with E-state index in [2.05, 4.69) is 25.4 Å². The first-order valence-corrected chi connectivity index (χ1v) is 7.55. The van der Waals surface area contributed by atoms with Crippen LogP contribution >= 0.6 is 11.8 Å². The van der Waals surface area contributed by atoms with E-state index in [-0.39, 0.29) is 5.82 Å².